The van der Waals surface area contributed by atoms with E-state index in [0.29, 0.717) is 11.4 Å². The van der Waals surface area contributed by atoms with Crippen LogP contribution in [-0.4, -0.2) is 26.1 Å². The first-order valence-electron chi connectivity index (χ1n) is 6.05. The topological polar surface area (TPSA) is 68.0 Å². The van der Waals surface area contributed by atoms with Gasteiger partial charge in [0.25, 0.3) is 0 Å². The van der Waals surface area contributed by atoms with Gasteiger partial charge in [-0.1, -0.05) is 28.9 Å². The highest BCUT2D eigenvalue weighted by Crippen LogP contribution is 2.18. The van der Waals surface area contributed by atoms with Gasteiger partial charge in [0.1, 0.15) is 0 Å². The molecule has 100 valence electrons. The van der Waals surface area contributed by atoms with Crippen LogP contribution in [0.5, 0.6) is 0 Å². The van der Waals surface area contributed by atoms with Crippen LogP contribution in [0.2, 0.25) is 5.02 Å². The second kappa shape index (κ2) is 6.33. The Morgan fingerprint density at radius 2 is 2.11 bits per heavy atom. The molecule has 0 amide bonds. The molecule has 0 saturated carbocycles. The third-order valence-corrected chi connectivity index (χ3v) is 3.03. The lowest BCUT2D eigenvalue weighted by Gasteiger charge is -2.01. The van der Waals surface area contributed by atoms with Crippen LogP contribution in [0.25, 0.3) is 5.69 Å². The largest absolute Gasteiger partial charge is 0.481 e. The van der Waals surface area contributed by atoms with E-state index in [2.05, 4.69) is 10.3 Å². The van der Waals surface area contributed by atoms with E-state index in [0.717, 1.165) is 24.2 Å². The molecule has 2 rings (SSSR count). The molecule has 2 aromatic rings. The van der Waals surface area contributed by atoms with Crippen molar-refractivity contribution < 1.29 is 9.90 Å². The van der Waals surface area contributed by atoms with Gasteiger partial charge < -0.3 is 5.11 Å². The molecule has 0 bridgehead atoms. The minimum absolute atomic E-state index is 0.193. The number of carbonyl (C=O) groups is 1. The Kier molecular flexibility index (Phi) is 4.52. The Labute approximate surface area is 115 Å². The summed E-state index contributed by atoms with van der Waals surface area (Å²) in [6.07, 6.45) is 4.17. The van der Waals surface area contributed by atoms with Crippen LogP contribution in [0.1, 0.15) is 25.0 Å². The van der Waals surface area contributed by atoms with Crippen LogP contribution >= 0.6 is 11.6 Å². The normalized spacial score (nSPS) is 10.6. The fraction of sp³-hybridized carbons (Fsp3) is 0.308. The van der Waals surface area contributed by atoms with Crippen molar-refractivity contribution in [1.29, 1.82) is 0 Å². The Balaban J connectivity index is 1.96. The standard InChI is InChI=1S/C13H14ClN3O2/c14-11-6-2-3-7-12(11)17-9-10(15-16-17)5-1-4-8-13(18)19/h2-3,6-7,9H,1,4-5,8H2,(H,18,19). The van der Waals surface area contributed by atoms with Crippen LogP contribution in [0.3, 0.4) is 0 Å². The Morgan fingerprint density at radius 3 is 2.84 bits per heavy atom. The zero-order valence-electron chi connectivity index (χ0n) is 10.3. The van der Waals surface area contributed by atoms with Crippen molar-refractivity contribution in [3.05, 3.63) is 41.2 Å². The molecule has 19 heavy (non-hydrogen) atoms. The van der Waals surface area contributed by atoms with E-state index in [-0.39, 0.29) is 6.42 Å². The van der Waals surface area contributed by atoms with E-state index in [1.165, 1.54) is 0 Å². The maximum atomic E-state index is 10.4. The number of hydrogen-bond donors (Lipinski definition) is 1. The summed E-state index contributed by atoms with van der Waals surface area (Å²) in [5, 5.41) is 17.2. The number of aromatic nitrogens is 3. The molecule has 1 heterocycles. The number of aryl methyl sites for hydroxylation is 1. The third-order valence-electron chi connectivity index (χ3n) is 2.71. The summed E-state index contributed by atoms with van der Waals surface area (Å²) in [6.45, 7) is 0. The molecule has 6 heteroatoms. The molecule has 0 aliphatic heterocycles. The lowest BCUT2D eigenvalue weighted by molar-refractivity contribution is -0.137. The maximum absolute atomic E-state index is 10.4. The van der Waals surface area contributed by atoms with Gasteiger partial charge in [0.2, 0.25) is 0 Å². The molecule has 0 radical (unpaired) electrons. The Bertz CT molecular complexity index is 569. The lowest BCUT2D eigenvalue weighted by atomic mass is 10.1. The van der Waals surface area contributed by atoms with Crippen LogP contribution < -0.4 is 0 Å². The Hall–Kier alpha value is -1.88. The molecule has 0 saturated heterocycles. The van der Waals surface area contributed by atoms with E-state index in [9.17, 15) is 4.79 Å². The number of carboxylic acids is 1. The number of unbranched alkanes of at least 4 members (excludes halogenated alkanes) is 1. The number of benzene rings is 1. The molecule has 0 fully saturated rings. The second-order valence-corrected chi connectivity index (χ2v) is 4.61. The van der Waals surface area contributed by atoms with Crippen molar-refractivity contribution in [1.82, 2.24) is 15.0 Å². The SMILES string of the molecule is O=C(O)CCCCc1cn(-c2ccccc2Cl)nn1. The number of nitrogens with zero attached hydrogens (tertiary/aromatic N) is 3. The Morgan fingerprint density at radius 1 is 1.32 bits per heavy atom. The average Bonchev–Trinajstić information content (AvgIpc) is 2.83. The molecule has 0 aliphatic rings. The predicted molar refractivity (Wildman–Crippen MR) is 71.6 cm³/mol. The quantitative estimate of drug-likeness (QED) is 0.826. The van der Waals surface area contributed by atoms with Crippen molar-refractivity contribution in [3.63, 3.8) is 0 Å². The van der Waals surface area contributed by atoms with E-state index in [4.69, 9.17) is 16.7 Å². The highest BCUT2D eigenvalue weighted by Gasteiger charge is 2.06. The summed E-state index contributed by atoms with van der Waals surface area (Å²) in [7, 11) is 0. The molecule has 0 unspecified atom stereocenters. The minimum atomic E-state index is -0.764. The van der Waals surface area contributed by atoms with E-state index < -0.39 is 5.97 Å². The van der Waals surface area contributed by atoms with Gasteiger partial charge in [0.05, 0.1) is 22.6 Å². The summed E-state index contributed by atoms with van der Waals surface area (Å²) >= 11 is 6.08. The van der Waals surface area contributed by atoms with Gasteiger partial charge >= 0.3 is 5.97 Å². The maximum Gasteiger partial charge on any atom is 0.303 e. The van der Waals surface area contributed by atoms with Crippen molar-refractivity contribution in [2.45, 2.75) is 25.7 Å². The van der Waals surface area contributed by atoms with E-state index >= 15 is 0 Å². The molecule has 0 aliphatic carbocycles. The highest BCUT2D eigenvalue weighted by molar-refractivity contribution is 6.32. The average molecular weight is 280 g/mol. The van der Waals surface area contributed by atoms with Gasteiger partial charge in [-0.05, 0) is 31.4 Å². The van der Waals surface area contributed by atoms with Crippen LogP contribution in [-0.2, 0) is 11.2 Å². The first-order valence-corrected chi connectivity index (χ1v) is 6.42. The first kappa shape index (κ1) is 13.5. The summed E-state index contributed by atoms with van der Waals surface area (Å²) in [4.78, 5) is 10.4. The highest BCUT2D eigenvalue weighted by atomic mass is 35.5. The molecule has 1 aromatic heterocycles. The fourth-order valence-electron chi connectivity index (χ4n) is 1.75. The number of aliphatic carboxylic acids is 1. The molecule has 5 nitrogen and oxygen atoms in total. The fourth-order valence-corrected chi connectivity index (χ4v) is 1.97. The number of para-hydroxylation sites is 1. The third kappa shape index (κ3) is 3.79. The molecule has 0 spiro atoms. The van der Waals surface area contributed by atoms with Crippen molar-refractivity contribution >= 4 is 17.6 Å². The van der Waals surface area contributed by atoms with Gasteiger partial charge in [-0.25, -0.2) is 4.68 Å². The van der Waals surface area contributed by atoms with Crippen molar-refractivity contribution in [2.75, 3.05) is 0 Å². The molecule has 1 N–H and O–H groups in total. The van der Waals surface area contributed by atoms with E-state index in [1.54, 1.807) is 10.7 Å². The number of rotatable bonds is 6. The summed E-state index contributed by atoms with van der Waals surface area (Å²) in [5.41, 5.74) is 1.62. The predicted octanol–water partition coefficient (Wildman–Crippen LogP) is 2.72. The summed E-state index contributed by atoms with van der Waals surface area (Å²) < 4.78 is 1.63. The zero-order chi connectivity index (χ0) is 13.7. The van der Waals surface area contributed by atoms with Gasteiger partial charge in [0.15, 0.2) is 0 Å². The number of halogens is 1. The van der Waals surface area contributed by atoms with Gasteiger partial charge in [-0.2, -0.15) is 0 Å². The number of hydrogen-bond acceptors (Lipinski definition) is 3. The first-order chi connectivity index (χ1) is 9.16. The lowest BCUT2D eigenvalue weighted by Crippen LogP contribution is -1.95. The molecular weight excluding hydrogens is 266 g/mol. The summed E-state index contributed by atoms with van der Waals surface area (Å²) in [5.74, 6) is -0.764. The molecule has 0 atom stereocenters. The number of carboxylic acid groups (broad SMARTS) is 1. The van der Waals surface area contributed by atoms with Gasteiger partial charge in [0, 0.05) is 6.42 Å². The van der Waals surface area contributed by atoms with Gasteiger partial charge in [-0.3, -0.25) is 4.79 Å². The molecular formula is C13H14ClN3O2. The van der Waals surface area contributed by atoms with Gasteiger partial charge in [-0.15, -0.1) is 5.10 Å². The van der Waals surface area contributed by atoms with Crippen molar-refractivity contribution in [3.8, 4) is 5.69 Å². The van der Waals surface area contributed by atoms with Crippen LogP contribution in [0, 0.1) is 0 Å². The van der Waals surface area contributed by atoms with Crippen LogP contribution in [0.15, 0.2) is 30.5 Å². The second-order valence-electron chi connectivity index (χ2n) is 4.21. The van der Waals surface area contributed by atoms with E-state index in [1.807, 2.05) is 24.4 Å². The van der Waals surface area contributed by atoms with Crippen LogP contribution in [0.4, 0.5) is 0 Å². The minimum Gasteiger partial charge on any atom is -0.481 e. The molecule has 1 aromatic carbocycles. The smallest absolute Gasteiger partial charge is 0.303 e. The monoisotopic (exact) mass is 279 g/mol. The summed E-state index contributed by atoms with van der Waals surface area (Å²) in [6, 6.07) is 7.40. The van der Waals surface area contributed by atoms with Crippen molar-refractivity contribution in [2.24, 2.45) is 0 Å². The zero-order valence-corrected chi connectivity index (χ0v) is 11.0.